The van der Waals surface area contributed by atoms with Crippen molar-refractivity contribution in [2.75, 3.05) is 57.8 Å². The number of aliphatic hydroxyl groups excluding tert-OH is 1. The zero-order valence-electron chi connectivity index (χ0n) is 22.7. The molecule has 3 aliphatic heterocycles. The Morgan fingerprint density at radius 1 is 1.03 bits per heavy atom. The molecule has 5 rings (SSSR count). The number of benzene rings is 2. The van der Waals surface area contributed by atoms with Crippen molar-refractivity contribution in [2.45, 2.75) is 50.4 Å². The van der Waals surface area contributed by atoms with E-state index in [1.165, 1.54) is 0 Å². The van der Waals surface area contributed by atoms with Crippen LogP contribution in [0, 0.1) is 5.92 Å². The molecule has 212 valence electrons. The maximum Gasteiger partial charge on any atom is 0.225 e. The lowest BCUT2D eigenvalue weighted by Gasteiger charge is -2.31. The molecule has 0 saturated carbocycles. The van der Waals surface area contributed by atoms with Gasteiger partial charge in [0.15, 0.2) is 0 Å². The van der Waals surface area contributed by atoms with E-state index in [0.717, 1.165) is 70.5 Å². The normalized spacial score (nSPS) is 22.7. The highest BCUT2D eigenvalue weighted by molar-refractivity contribution is 6.32. The van der Waals surface area contributed by atoms with Gasteiger partial charge in [-0.25, -0.2) is 0 Å². The SMILES string of the molecule is CN1CCC(Oc2ccc(C(O)C(CN3CCCC3)NC(=O)C3CCN(c4ccc(Cl)cc4)C3)cc2Cl)CC1. The van der Waals surface area contributed by atoms with Crippen molar-refractivity contribution in [3.63, 3.8) is 0 Å². The fourth-order valence-electron chi connectivity index (χ4n) is 5.94. The van der Waals surface area contributed by atoms with Crippen molar-refractivity contribution in [3.05, 3.63) is 58.1 Å². The summed E-state index contributed by atoms with van der Waals surface area (Å²) in [7, 11) is 2.12. The average molecular weight is 576 g/mol. The van der Waals surface area contributed by atoms with Crippen molar-refractivity contribution >= 4 is 34.8 Å². The van der Waals surface area contributed by atoms with Crippen LogP contribution in [0.5, 0.6) is 5.75 Å². The van der Waals surface area contributed by atoms with E-state index in [9.17, 15) is 9.90 Å². The minimum absolute atomic E-state index is 0.0111. The van der Waals surface area contributed by atoms with E-state index < -0.39 is 12.1 Å². The van der Waals surface area contributed by atoms with Crippen LogP contribution < -0.4 is 15.0 Å². The molecular weight excluding hydrogens is 535 g/mol. The van der Waals surface area contributed by atoms with E-state index in [2.05, 4.69) is 27.1 Å². The van der Waals surface area contributed by atoms with Crippen molar-refractivity contribution in [3.8, 4) is 5.75 Å². The second-order valence-corrected chi connectivity index (χ2v) is 12.1. The van der Waals surface area contributed by atoms with Gasteiger partial charge in [0.05, 0.1) is 17.0 Å². The number of rotatable bonds is 9. The van der Waals surface area contributed by atoms with E-state index >= 15 is 0 Å². The zero-order chi connectivity index (χ0) is 27.4. The van der Waals surface area contributed by atoms with Gasteiger partial charge in [-0.15, -0.1) is 0 Å². The maximum absolute atomic E-state index is 13.4. The Morgan fingerprint density at radius 3 is 2.44 bits per heavy atom. The number of carbonyl (C=O) groups excluding carboxylic acids is 1. The zero-order valence-corrected chi connectivity index (χ0v) is 24.2. The molecule has 9 heteroatoms. The van der Waals surface area contributed by atoms with Crippen molar-refractivity contribution in [2.24, 2.45) is 5.92 Å². The Labute approximate surface area is 242 Å². The van der Waals surface area contributed by atoms with Gasteiger partial charge in [-0.2, -0.15) is 0 Å². The quantitative estimate of drug-likeness (QED) is 0.456. The predicted octanol–water partition coefficient (Wildman–Crippen LogP) is 4.61. The van der Waals surface area contributed by atoms with E-state index in [-0.39, 0.29) is 17.9 Å². The number of likely N-dealkylation sites (tertiary alicyclic amines) is 2. The Hall–Kier alpha value is -2.03. The van der Waals surface area contributed by atoms with Crippen LogP contribution in [-0.4, -0.2) is 85.8 Å². The van der Waals surface area contributed by atoms with Crippen LogP contribution in [0.25, 0.3) is 0 Å². The molecule has 0 aliphatic carbocycles. The Morgan fingerprint density at radius 2 is 1.74 bits per heavy atom. The molecule has 3 fully saturated rings. The van der Waals surface area contributed by atoms with Gasteiger partial charge in [0.1, 0.15) is 18.0 Å². The fourth-order valence-corrected chi connectivity index (χ4v) is 6.30. The summed E-state index contributed by atoms with van der Waals surface area (Å²) in [6.45, 7) is 6.05. The second kappa shape index (κ2) is 13.1. The number of halogens is 2. The summed E-state index contributed by atoms with van der Waals surface area (Å²) >= 11 is 12.7. The average Bonchev–Trinajstić information content (AvgIpc) is 3.63. The summed E-state index contributed by atoms with van der Waals surface area (Å²) in [6.07, 6.45) is 4.27. The first-order valence-corrected chi connectivity index (χ1v) is 15.0. The Kier molecular flexibility index (Phi) is 9.56. The molecule has 0 bridgehead atoms. The van der Waals surface area contributed by atoms with Gasteiger partial charge in [-0.1, -0.05) is 29.3 Å². The van der Waals surface area contributed by atoms with E-state index in [1.54, 1.807) is 6.07 Å². The van der Waals surface area contributed by atoms with E-state index in [1.807, 2.05) is 36.4 Å². The molecule has 3 unspecified atom stereocenters. The fraction of sp³-hybridized carbons (Fsp3) is 0.567. The summed E-state index contributed by atoms with van der Waals surface area (Å²) in [5.74, 6) is 0.501. The number of aliphatic hydroxyl groups is 1. The third kappa shape index (κ3) is 7.39. The number of carbonyl (C=O) groups is 1. The minimum atomic E-state index is -0.877. The lowest BCUT2D eigenvalue weighted by atomic mass is 9.99. The van der Waals surface area contributed by atoms with Crippen molar-refractivity contribution in [1.29, 1.82) is 0 Å². The van der Waals surface area contributed by atoms with Gasteiger partial charge in [0.25, 0.3) is 0 Å². The van der Waals surface area contributed by atoms with Crippen LogP contribution in [0.15, 0.2) is 42.5 Å². The molecule has 3 heterocycles. The standard InChI is InChI=1S/C30H40Cl2N4O3/c1-34-15-11-25(12-16-34)39-28-9-4-21(18-26(28)32)29(37)27(20-35-13-2-3-14-35)33-30(38)22-10-17-36(19-22)24-7-5-23(31)6-8-24/h4-9,18,22,25,27,29,37H,2-3,10-17,19-20H2,1H3,(H,33,38). The van der Waals surface area contributed by atoms with Crippen molar-refractivity contribution < 1.29 is 14.6 Å². The molecule has 2 N–H and O–H groups in total. The largest absolute Gasteiger partial charge is 0.489 e. The van der Waals surface area contributed by atoms with Gasteiger partial charge >= 0.3 is 0 Å². The van der Waals surface area contributed by atoms with Crippen LogP contribution in [0.1, 0.15) is 43.8 Å². The molecule has 2 aromatic carbocycles. The third-order valence-electron chi connectivity index (χ3n) is 8.37. The number of piperidine rings is 1. The topological polar surface area (TPSA) is 68.3 Å². The maximum atomic E-state index is 13.4. The molecule has 3 atom stereocenters. The second-order valence-electron chi connectivity index (χ2n) is 11.3. The molecule has 3 aliphatic rings. The molecule has 2 aromatic rings. The number of nitrogens with one attached hydrogen (secondary N) is 1. The van der Waals surface area contributed by atoms with Gasteiger partial charge in [0.2, 0.25) is 5.91 Å². The van der Waals surface area contributed by atoms with Crippen molar-refractivity contribution in [1.82, 2.24) is 15.1 Å². The van der Waals surface area contributed by atoms with E-state index in [0.29, 0.717) is 34.4 Å². The smallest absolute Gasteiger partial charge is 0.225 e. The number of nitrogens with zero attached hydrogens (tertiary/aromatic N) is 3. The van der Waals surface area contributed by atoms with Gasteiger partial charge < -0.3 is 29.9 Å². The molecule has 0 spiro atoms. The highest BCUT2D eigenvalue weighted by Gasteiger charge is 2.33. The first kappa shape index (κ1) is 28.5. The summed E-state index contributed by atoms with van der Waals surface area (Å²) in [5.41, 5.74) is 1.76. The Balaban J connectivity index is 1.24. The summed E-state index contributed by atoms with van der Waals surface area (Å²) in [5, 5.41) is 15.9. The third-order valence-corrected chi connectivity index (χ3v) is 8.92. The number of hydrogen-bond acceptors (Lipinski definition) is 6. The van der Waals surface area contributed by atoms with Crippen LogP contribution in [0.3, 0.4) is 0 Å². The predicted molar refractivity (Wildman–Crippen MR) is 157 cm³/mol. The van der Waals surface area contributed by atoms with Gasteiger partial charge in [0, 0.05) is 43.4 Å². The summed E-state index contributed by atoms with van der Waals surface area (Å²) in [6, 6.07) is 12.8. The first-order valence-electron chi connectivity index (χ1n) is 14.2. The molecule has 0 radical (unpaired) electrons. The van der Waals surface area contributed by atoms with Crippen LogP contribution >= 0.6 is 23.2 Å². The van der Waals surface area contributed by atoms with E-state index in [4.69, 9.17) is 27.9 Å². The van der Waals surface area contributed by atoms with Gasteiger partial charge in [-0.3, -0.25) is 4.79 Å². The van der Waals surface area contributed by atoms with Crippen LogP contribution in [-0.2, 0) is 4.79 Å². The van der Waals surface area contributed by atoms with Crippen LogP contribution in [0.4, 0.5) is 5.69 Å². The summed E-state index contributed by atoms with van der Waals surface area (Å²) in [4.78, 5) is 20.3. The highest BCUT2D eigenvalue weighted by Crippen LogP contribution is 2.32. The van der Waals surface area contributed by atoms with Gasteiger partial charge in [-0.05, 0) is 94.2 Å². The number of amides is 1. The number of ether oxygens (including phenoxy) is 1. The first-order chi connectivity index (χ1) is 18.9. The number of anilines is 1. The minimum Gasteiger partial charge on any atom is -0.489 e. The molecule has 1 amide bonds. The number of hydrogen-bond donors (Lipinski definition) is 2. The van der Waals surface area contributed by atoms with Crippen LogP contribution in [0.2, 0.25) is 10.0 Å². The lowest BCUT2D eigenvalue weighted by molar-refractivity contribution is -0.126. The molecule has 3 saturated heterocycles. The highest BCUT2D eigenvalue weighted by atomic mass is 35.5. The monoisotopic (exact) mass is 574 g/mol. The Bertz CT molecular complexity index is 1100. The molecular formula is C30H40Cl2N4O3. The summed E-state index contributed by atoms with van der Waals surface area (Å²) < 4.78 is 6.19. The molecule has 0 aromatic heterocycles. The molecule has 39 heavy (non-hydrogen) atoms. The molecule has 7 nitrogen and oxygen atoms in total. The lowest BCUT2D eigenvalue weighted by Crippen LogP contribution is -2.48.